The van der Waals surface area contributed by atoms with Gasteiger partial charge in [-0.05, 0) is 6.07 Å². The first-order valence-corrected chi connectivity index (χ1v) is 4.75. The van der Waals surface area contributed by atoms with Crippen LogP contribution in [-0.4, -0.2) is 23.7 Å². The van der Waals surface area contributed by atoms with E-state index in [0.29, 0.717) is 11.4 Å². The molecule has 0 atom stereocenters. The summed E-state index contributed by atoms with van der Waals surface area (Å²) < 4.78 is 0. The number of anilines is 1. The quantitative estimate of drug-likeness (QED) is 0.692. The number of amides is 1. The molecule has 1 aromatic heterocycles. The second-order valence-corrected chi connectivity index (χ2v) is 3.39. The molecule has 0 bridgehead atoms. The summed E-state index contributed by atoms with van der Waals surface area (Å²) in [6.45, 7) is 0. The van der Waals surface area contributed by atoms with E-state index in [2.05, 4.69) is 10.3 Å². The fraction of sp³-hybridized carbons (Fsp3) is 0.250. The van der Waals surface area contributed by atoms with Gasteiger partial charge in [-0.3, -0.25) is 9.78 Å². The lowest BCUT2D eigenvalue weighted by molar-refractivity contribution is -0.118. The van der Waals surface area contributed by atoms with Gasteiger partial charge in [-0.15, -0.1) is 11.8 Å². The van der Waals surface area contributed by atoms with Crippen molar-refractivity contribution >= 4 is 23.4 Å². The lowest BCUT2D eigenvalue weighted by atomic mass is 10.4. The van der Waals surface area contributed by atoms with Gasteiger partial charge in [0.2, 0.25) is 5.91 Å². The van der Waals surface area contributed by atoms with Crippen molar-refractivity contribution in [3.63, 3.8) is 0 Å². The third-order valence-corrected chi connectivity index (χ3v) is 2.51. The zero-order valence-electron chi connectivity index (χ0n) is 7.28. The maximum atomic E-state index is 10.9. The van der Waals surface area contributed by atoms with Gasteiger partial charge in [-0.25, -0.2) is 0 Å². The predicted octanol–water partition coefficient (Wildman–Crippen LogP) is 0.502. The van der Waals surface area contributed by atoms with Gasteiger partial charge >= 0.3 is 0 Å². The van der Waals surface area contributed by atoms with Crippen molar-refractivity contribution in [1.29, 1.82) is 0 Å². The summed E-state index contributed by atoms with van der Waals surface area (Å²) in [5.41, 5.74) is 6.31. The van der Waals surface area contributed by atoms with Crippen molar-refractivity contribution in [2.75, 3.05) is 18.5 Å². The molecular weight excluding hydrogens is 186 g/mol. The van der Waals surface area contributed by atoms with Gasteiger partial charge in [-0.1, -0.05) is 0 Å². The summed E-state index contributed by atoms with van der Waals surface area (Å²) in [5.74, 6) is 0.347. The lowest BCUT2D eigenvalue weighted by Crippen LogP contribution is -2.19. The Balaban J connectivity index is 2.54. The molecule has 0 saturated heterocycles. The SMILES string of the molecule is CNC(=O)CSc1cnccc1N. The van der Waals surface area contributed by atoms with E-state index in [1.165, 1.54) is 11.8 Å². The Morgan fingerprint density at radius 1 is 1.77 bits per heavy atom. The Morgan fingerprint density at radius 3 is 3.15 bits per heavy atom. The maximum absolute atomic E-state index is 10.9. The first-order valence-electron chi connectivity index (χ1n) is 3.77. The van der Waals surface area contributed by atoms with Crippen molar-refractivity contribution in [2.45, 2.75) is 4.90 Å². The molecule has 0 aliphatic rings. The zero-order chi connectivity index (χ0) is 9.68. The molecule has 1 aromatic rings. The zero-order valence-corrected chi connectivity index (χ0v) is 8.10. The molecule has 0 spiro atoms. The summed E-state index contributed by atoms with van der Waals surface area (Å²) in [6, 6.07) is 1.71. The Kier molecular flexibility index (Phi) is 3.57. The number of hydrogen-bond donors (Lipinski definition) is 2. The highest BCUT2D eigenvalue weighted by atomic mass is 32.2. The largest absolute Gasteiger partial charge is 0.398 e. The third kappa shape index (κ3) is 2.95. The Labute approximate surface area is 80.9 Å². The van der Waals surface area contributed by atoms with Crippen molar-refractivity contribution < 1.29 is 4.79 Å². The van der Waals surface area contributed by atoms with Gasteiger partial charge in [0.05, 0.1) is 5.75 Å². The molecule has 0 unspecified atom stereocenters. The van der Waals surface area contributed by atoms with Crippen molar-refractivity contribution in [1.82, 2.24) is 10.3 Å². The van der Waals surface area contributed by atoms with E-state index in [0.717, 1.165) is 4.90 Å². The highest BCUT2D eigenvalue weighted by Crippen LogP contribution is 2.22. The number of aromatic nitrogens is 1. The summed E-state index contributed by atoms with van der Waals surface area (Å²) in [4.78, 5) is 15.7. The first-order chi connectivity index (χ1) is 6.24. The predicted molar refractivity (Wildman–Crippen MR) is 53.4 cm³/mol. The first kappa shape index (κ1) is 9.85. The summed E-state index contributed by atoms with van der Waals surface area (Å²) in [7, 11) is 1.61. The molecule has 0 radical (unpaired) electrons. The van der Waals surface area contributed by atoms with E-state index in [9.17, 15) is 4.79 Å². The number of nitrogen functional groups attached to an aromatic ring is 1. The minimum Gasteiger partial charge on any atom is -0.398 e. The van der Waals surface area contributed by atoms with Gasteiger partial charge in [-0.2, -0.15) is 0 Å². The van der Waals surface area contributed by atoms with E-state index in [-0.39, 0.29) is 5.91 Å². The van der Waals surface area contributed by atoms with Crippen molar-refractivity contribution in [3.8, 4) is 0 Å². The average molecular weight is 197 g/mol. The van der Waals surface area contributed by atoms with E-state index < -0.39 is 0 Å². The summed E-state index contributed by atoms with van der Waals surface area (Å²) >= 11 is 1.38. The standard InChI is InChI=1S/C8H11N3OS/c1-10-8(12)5-13-7-4-11-3-2-6(7)9/h2-4H,5H2,1H3,(H2,9,11)(H,10,12). The van der Waals surface area contributed by atoms with Crippen LogP contribution in [0.3, 0.4) is 0 Å². The van der Waals surface area contributed by atoms with Crippen molar-refractivity contribution in [2.24, 2.45) is 0 Å². The molecule has 1 amide bonds. The summed E-state index contributed by atoms with van der Waals surface area (Å²) in [6.07, 6.45) is 3.28. The number of pyridine rings is 1. The molecule has 0 aromatic carbocycles. The van der Waals surface area contributed by atoms with Crippen LogP contribution in [0.25, 0.3) is 0 Å². The van der Waals surface area contributed by atoms with Crippen LogP contribution in [0.4, 0.5) is 5.69 Å². The van der Waals surface area contributed by atoms with E-state index in [1.807, 2.05) is 0 Å². The van der Waals surface area contributed by atoms with Crippen LogP contribution < -0.4 is 11.1 Å². The van der Waals surface area contributed by atoms with Crippen LogP contribution in [-0.2, 0) is 4.79 Å². The number of carbonyl (C=O) groups excluding carboxylic acids is 1. The van der Waals surface area contributed by atoms with Gasteiger partial charge < -0.3 is 11.1 Å². The average Bonchev–Trinajstić information content (AvgIpc) is 2.16. The lowest BCUT2D eigenvalue weighted by Gasteiger charge is -2.02. The second kappa shape index (κ2) is 4.71. The van der Waals surface area contributed by atoms with Crippen LogP contribution in [0.2, 0.25) is 0 Å². The van der Waals surface area contributed by atoms with Crippen LogP contribution in [0, 0.1) is 0 Å². The maximum Gasteiger partial charge on any atom is 0.230 e. The highest BCUT2D eigenvalue weighted by molar-refractivity contribution is 8.00. The fourth-order valence-corrected chi connectivity index (χ4v) is 1.53. The number of nitrogens with two attached hydrogens (primary N) is 1. The normalized spacial score (nSPS) is 9.62. The molecule has 70 valence electrons. The molecule has 0 fully saturated rings. The minimum absolute atomic E-state index is 0.0201. The fourth-order valence-electron chi connectivity index (χ4n) is 0.727. The van der Waals surface area contributed by atoms with Gasteiger partial charge in [0, 0.05) is 30.0 Å². The highest BCUT2D eigenvalue weighted by Gasteiger charge is 2.02. The molecule has 4 nitrogen and oxygen atoms in total. The molecule has 1 rings (SSSR count). The minimum atomic E-state index is -0.0201. The van der Waals surface area contributed by atoms with E-state index in [4.69, 9.17) is 5.73 Å². The van der Waals surface area contributed by atoms with Crippen LogP contribution in [0.1, 0.15) is 0 Å². The molecule has 3 N–H and O–H groups in total. The Bertz CT molecular complexity index is 303. The molecule has 13 heavy (non-hydrogen) atoms. The molecular formula is C8H11N3OS. The number of rotatable bonds is 3. The number of nitrogens with one attached hydrogen (secondary N) is 1. The monoisotopic (exact) mass is 197 g/mol. The van der Waals surface area contributed by atoms with Crippen LogP contribution >= 0.6 is 11.8 Å². The van der Waals surface area contributed by atoms with Crippen molar-refractivity contribution in [3.05, 3.63) is 18.5 Å². The number of nitrogens with zero attached hydrogens (tertiary/aromatic N) is 1. The van der Waals surface area contributed by atoms with Gasteiger partial charge in [0.1, 0.15) is 0 Å². The van der Waals surface area contributed by atoms with Crippen LogP contribution in [0.5, 0.6) is 0 Å². The third-order valence-electron chi connectivity index (χ3n) is 1.45. The molecule has 0 saturated carbocycles. The van der Waals surface area contributed by atoms with Crippen LogP contribution in [0.15, 0.2) is 23.4 Å². The Morgan fingerprint density at radius 2 is 2.54 bits per heavy atom. The molecule has 0 aliphatic heterocycles. The summed E-state index contributed by atoms with van der Waals surface area (Å²) in [5, 5.41) is 2.53. The molecule has 5 heteroatoms. The van der Waals surface area contributed by atoms with Gasteiger partial charge in [0.25, 0.3) is 0 Å². The number of carbonyl (C=O) groups is 1. The van der Waals surface area contributed by atoms with Gasteiger partial charge in [0.15, 0.2) is 0 Å². The van der Waals surface area contributed by atoms with E-state index in [1.54, 1.807) is 25.5 Å². The molecule has 0 aliphatic carbocycles. The molecule has 1 heterocycles. The number of hydrogen-bond acceptors (Lipinski definition) is 4. The smallest absolute Gasteiger partial charge is 0.230 e. The van der Waals surface area contributed by atoms with E-state index >= 15 is 0 Å². The number of thioether (sulfide) groups is 1. The second-order valence-electron chi connectivity index (χ2n) is 2.38. The Hall–Kier alpha value is -1.23. The topological polar surface area (TPSA) is 68.0 Å².